The Kier molecular flexibility index (Phi) is 8.30. The van der Waals surface area contributed by atoms with E-state index in [1.807, 2.05) is 0 Å². The molecule has 0 N–H and O–H groups in total. The van der Waals surface area contributed by atoms with Crippen LogP contribution in [0.1, 0.15) is 66.6 Å². The maximum absolute atomic E-state index is 2.43. The summed E-state index contributed by atoms with van der Waals surface area (Å²) in [6.45, 7) is 9.41. The summed E-state index contributed by atoms with van der Waals surface area (Å²) in [7, 11) is 0. The van der Waals surface area contributed by atoms with E-state index in [-0.39, 0.29) is 10.8 Å². The Bertz CT molecular complexity index is 3410. The predicted octanol–water partition coefficient (Wildman–Crippen LogP) is 16.3. The summed E-state index contributed by atoms with van der Waals surface area (Å²) in [5.41, 5.74) is 24.2. The molecule has 63 heavy (non-hydrogen) atoms. The molecule has 9 aromatic carbocycles. The SMILES string of the molecule is CC1(C)c2ccccc2-c2cc(/C(=C\c3ccc(-c4ccc5c(c4)C(C)(C)c4ccccc4-5)cc3)c3ccc(-c4ccc(-n5c6ccccc6c6ccccc65)cc4)cc3)ccc21. The van der Waals surface area contributed by atoms with E-state index < -0.39 is 0 Å². The van der Waals surface area contributed by atoms with Crippen LogP contribution in [-0.2, 0) is 10.8 Å². The third-order valence-corrected chi connectivity index (χ3v) is 14.3. The van der Waals surface area contributed by atoms with Gasteiger partial charge in [0.25, 0.3) is 0 Å². The van der Waals surface area contributed by atoms with Gasteiger partial charge in [-0.05, 0) is 131 Å². The fourth-order valence-electron chi connectivity index (χ4n) is 10.9. The summed E-state index contributed by atoms with van der Waals surface area (Å²) in [4.78, 5) is 0. The molecule has 2 aliphatic carbocycles. The van der Waals surface area contributed by atoms with Gasteiger partial charge < -0.3 is 4.57 Å². The Balaban J connectivity index is 0.908. The fraction of sp³-hybridized carbons (Fsp3) is 0.0968. The Morgan fingerprint density at radius 1 is 0.365 bits per heavy atom. The van der Waals surface area contributed by atoms with Gasteiger partial charge in [-0.15, -0.1) is 0 Å². The summed E-state index contributed by atoms with van der Waals surface area (Å²) >= 11 is 0. The first kappa shape index (κ1) is 37.3. The number of nitrogens with zero attached hydrogens (tertiary/aromatic N) is 1. The van der Waals surface area contributed by atoms with Gasteiger partial charge >= 0.3 is 0 Å². The van der Waals surface area contributed by atoms with Crippen LogP contribution in [0.2, 0.25) is 0 Å². The maximum atomic E-state index is 2.43. The molecule has 300 valence electrons. The minimum absolute atomic E-state index is 0.0302. The zero-order valence-electron chi connectivity index (χ0n) is 36.2. The van der Waals surface area contributed by atoms with Gasteiger partial charge in [0.2, 0.25) is 0 Å². The van der Waals surface area contributed by atoms with Crippen LogP contribution in [0.25, 0.3) is 83.6 Å². The molecule has 1 heteroatoms. The zero-order chi connectivity index (χ0) is 42.5. The minimum atomic E-state index is -0.0432. The van der Waals surface area contributed by atoms with Crippen molar-refractivity contribution >= 4 is 33.5 Å². The second-order valence-electron chi connectivity index (χ2n) is 18.5. The molecule has 0 saturated carbocycles. The summed E-state index contributed by atoms with van der Waals surface area (Å²) in [5, 5.41) is 2.55. The molecule has 0 aliphatic heterocycles. The van der Waals surface area contributed by atoms with Gasteiger partial charge in [0.15, 0.2) is 0 Å². The van der Waals surface area contributed by atoms with E-state index in [0.717, 1.165) is 5.69 Å². The average molecular weight is 806 g/mol. The molecule has 2 aliphatic rings. The van der Waals surface area contributed by atoms with E-state index in [0.29, 0.717) is 0 Å². The summed E-state index contributed by atoms with van der Waals surface area (Å²) in [6.07, 6.45) is 2.37. The smallest absolute Gasteiger partial charge is 0.0541 e. The lowest BCUT2D eigenvalue weighted by molar-refractivity contribution is 0.660. The number of rotatable bonds is 6. The molecule has 12 rings (SSSR count). The van der Waals surface area contributed by atoms with E-state index in [2.05, 4.69) is 245 Å². The van der Waals surface area contributed by atoms with Crippen LogP contribution in [0.3, 0.4) is 0 Å². The van der Waals surface area contributed by atoms with E-state index in [4.69, 9.17) is 0 Å². The Hall–Kier alpha value is -7.48. The predicted molar refractivity (Wildman–Crippen MR) is 267 cm³/mol. The second-order valence-corrected chi connectivity index (χ2v) is 18.5. The molecule has 10 aromatic rings. The van der Waals surface area contributed by atoms with Crippen LogP contribution in [-0.4, -0.2) is 4.57 Å². The molecule has 1 nitrogen and oxygen atoms in total. The fourth-order valence-corrected chi connectivity index (χ4v) is 10.9. The van der Waals surface area contributed by atoms with Crippen molar-refractivity contribution in [2.75, 3.05) is 0 Å². The van der Waals surface area contributed by atoms with Gasteiger partial charge in [-0.2, -0.15) is 0 Å². The van der Waals surface area contributed by atoms with Crippen molar-refractivity contribution in [1.29, 1.82) is 0 Å². The zero-order valence-corrected chi connectivity index (χ0v) is 36.2. The van der Waals surface area contributed by atoms with Gasteiger partial charge in [-0.25, -0.2) is 0 Å². The lowest BCUT2D eigenvalue weighted by atomic mass is 9.81. The molecule has 0 fully saturated rings. The third-order valence-electron chi connectivity index (χ3n) is 14.3. The normalized spacial score (nSPS) is 14.4. The lowest BCUT2D eigenvalue weighted by Gasteiger charge is -2.22. The van der Waals surface area contributed by atoms with Crippen molar-refractivity contribution < 1.29 is 0 Å². The maximum Gasteiger partial charge on any atom is 0.0541 e. The highest BCUT2D eigenvalue weighted by molar-refractivity contribution is 6.09. The van der Waals surface area contributed by atoms with Crippen LogP contribution in [0.15, 0.2) is 206 Å². The van der Waals surface area contributed by atoms with Gasteiger partial charge in [0.1, 0.15) is 0 Å². The van der Waals surface area contributed by atoms with Crippen molar-refractivity contribution in [2.24, 2.45) is 0 Å². The van der Waals surface area contributed by atoms with Crippen molar-refractivity contribution in [3.63, 3.8) is 0 Å². The molecule has 0 saturated heterocycles. The number of para-hydroxylation sites is 2. The number of hydrogen-bond donors (Lipinski definition) is 0. The number of hydrogen-bond acceptors (Lipinski definition) is 0. The van der Waals surface area contributed by atoms with Gasteiger partial charge in [-0.1, -0.05) is 198 Å². The molecular weight excluding hydrogens is 759 g/mol. The van der Waals surface area contributed by atoms with Gasteiger partial charge in [-0.3, -0.25) is 0 Å². The van der Waals surface area contributed by atoms with Crippen molar-refractivity contribution in [2.45, 2.75) is 38.5 Å². The van der Waals surface area contributed by atoms with Gasteiger partial charge in [0.05, 0.1) is 11.0 Å². The highest BCUT2D eigenvalue weighted by Crippen LogP contribution is 2.51. The van der Waals surface area contributed by atoms with Crippen LogP contribution in [0.4, 0.5) is 0 Å². The standard InChI is InChI=1S/C62H47N/c1-61(2)56-18-10-6-14-49(56)54-38-46(32-36-57(54)61)53(37-40-21-23-43(24-22-40)45-31-35-50-48-13-5-9-17-55(48)62(3,4)58(50)39-45)44-27-25-41(26-28-44)42-29-33-47(34-30-42)63-59-19-11-7-15-51(59)52-16-8-12-20-60(52)63/h5-39H,1-4H3/b53-37-. The highest BCUT2D eigenvalue weighted by atomic mass is 15.0. The van der Waals surface area contributed by atoms with Gasteiger partial charge in [0, 0.05) is 27.3 Å². The van der Waals surface area contributed by atoms with E-state index in [9.17, 15) is 0 Å². The minimum Gasteiger partial charge on any atom is -0.309 e. The quantitative estimate of drug-likeness (QED) is 0.148. The Morgan fingerprint density at radius 2 is 0.825 bits per heavy atom. The lowest BCUT2D eigenvalue weighted by Crippen LogP contribution is -2.14. The molecule has 0 amide bonds. The molecule has 0 bridgehead atoms. The molecule has 0 radical (unpaired) electrons. The third kappa shape index (κ3) is 5.84. The van der Waals surface area contributed by atoms with Crippen LogP contribution in [0.5, 0.6) is 0 Å². The van der Waals surface area contributed by atoms with E-state index >= 15 is 0 Å². The number of aromatic nitrogens is 1. The number of benzene rings is 9. The molecule has 0 spiro atoms. The highest BCUT2D eigenvalue weighted by Gasteiger charge is 2.36. The van der Waals surface area contributed by atoms with Crippen molar-refractivity contribution in [3.8, 4) is 50.2 Å². The molecule has 0 atom stereocenters. The topological polar surface area (TPSA) is 4.93 Å². The molecule has 0 unspecified atom stereocenters. The van der Waals surface area contributed by atoms with Crippen molar-refractivity contribution in [1.82, 2.24) is 4.57 Å². The number of fused-ring (bicyclic) bond motifs is 9. The van der Waals surface area contributed by atoms with Crippen LogP contribution in [0, 0.1) is 0 Å². The van der Waals surface area contributed by atoms with Crippen molar-refractivity contribution in [3.05, 3.63) is 245 Å². The first-order chi connectivity index (χ1) is 30.7. The Morgan fingerprint density at radius 3 is 1.48 bits per heavy atom. The second kappa shape index (κ2) is 14.0. The monoisotopic (exact) mass is 805 g/mol. The largest absolute Gasteiger partial charge is 0.309 e. The molecule has 1 heterocycles. The molecule has 1 aromatic heterocycles. The van der Waals surface area contributed by atoms with Crippen LogP contribution < -0.4 is 0 Å². The summed E-state index contributed by atoms with van der Waals surface area (Å²) in [6, 6.07) is 76.6. The first-order valence-electron chi connectivity index (χ1n) is 22.2. The van der Waals surface area contributed by atoms with E-state index in [1.54, 1.807) is 0 Å². The average Bonchev–Trinajstić information content (AvgIpc) is 3.88. The first-order valence-corrected chi connectivity index (χ1v) is 22.2. The summed E-state index contributed by atoms with van der Waals surface area (Å²) < 4.78 is 2.38. The van der Waals surface area contributed by atoms with E-state index in [1.165, 1.54) is 111 Å². The molecular formula is C62H47N. The van der Waals surface area contributed by atoms with Crippen LogP contribution >= 0.6 is 0 Å². The Labute approximate surface area is 370 Å². The summed E-state index contributed by atoms with van der Waals surface area (Å²) in [5.74, 6) is 0.